The van der Waals surface area contributed by atoms with E-state index in [1.807, 2.05) is 0 Å². The molecule has 0 saturated heterocycles. The van der Waals surface area contributed by atoms with Crippen LogP contribution < -0.4 is 10.6 Å². The van der Waals surface area contributed by atoms with Crippen LogP contribution in [0.5, 0.6) is 0 Å². The van der Waals surface area contributed by atoms with Gasteiger partial charge in [-0.2, -0.15) is 0 Å². The fraction of sp³-hybridized carbons (Fsp3) is 0.150. The molecule has 0 spiro atoms. The number of rotatable bonds is 6. The number of aryl methyl sites for hydroxylation is 1. The van der Waals surface area contributed by atoms with Crippen molar-refractivity contribution in [3.63, 3.8) is 0 Å². The molecular formula is C20H17ClFN3O3. The van der Waals surface area contributed by atoms with Crippen LogP contribution in [0.25, 0.3) is 11.3 Å². The highest BCUT2D eigenvalue weighted by atomic mass is 35.5. The van der Waals surface area contributed by atoms with E-state index in [4.69, 9.17) is 16.0 Å². The Morgan fingerprint density at radius 1 is 1.14 bits per heavy atom. The summed E-state index contributed by atoms with van der Waals surface area (Å²) < 4.78 is 18.6. The molecule has 0 fully saturated rings. The zero-order valence-corrected chi connectivity index (χ0v) is 15.7. The maximum Gasteiger partial charge on any atom is 0.224 e. The fourth-order valence-electron chi connectivity index (χ4n) is 2.51. The standard InChI is InChI=1S/C20H17ClFN3O3/c1-12(26)24-15-6-7-16(21)17(10-15)25-19(27)8-9-20-23-11-18(28-20)13-2-4-14(22)5-3-13/h2-7,10-11H,8-9H2,1H3,(H,24,26)(H,25,27). The predicted octanol–water partition coefficient (Wildman–Crippen LogP) is 4.66. The number of halogens is 2. The first kappa shape index (κ1) is 19.6. The molecule has 0 radical (unpaired) electrons. The Kier molecular flexibility index (Phi) is 6.06. The second-order valence-corrected chi connectivity index (χ2v) is 6.46. The number of carbonyl (C=O) groups excluding carboxylic acids is 2. The molecular weight excluding hydrogens is 385 g/mol. The van der Waals surface area contributed by atoms with Gasteiger partial charge in [0.05, 0.1) is 16.9 Å². The van der Waals surface area contributed by atoms with E-state index in [1.165, 1.54) is 25.3 Å². The lowest BCUT2D eigenvalue weighted by Crippen LogP contribution is -2.13. The van der Waals surface area contributed by atoms with Crippen molar-refractivity contribution in [1.82, 2.24) is 4.98 Å². The number of nitrogens with zero attached hydrogens (tertiary/aromatic N) is 1. The fourth-order valence-corrected chi connectivity index (χ4v) is 2.67. The number of benzene rings is 2. The quantitative estimate of drug-likeness (QED) is 0.629. The second kappa shape index (κ2) is 8.67. The molecule has 2 amide bonds. The van der Waals surface area contributed by atoms with Gasteiger partial charge >= 0.3 is 0 Å². The van der Waals surface area contributed by atoms with Crippen LogP contribution in [0.3, 0.4) is 0 Å². The van der Waals surface area contributed by atoms with Gasteiger partial charge in [0, 0.05) is 31.0 Å². The van der Waals surface area contributed by atoms with Crippen molar-refractivity contribution in [2.75, 3.05) is 10.6 Å². The maximum atomic E-state index is 13.0. The van der Waals surface area contributed by atoms with Crippen LogP contribution >= 0.6 is 11.6 Å². The molecule has 0 atom stereocenters. The summed E-state index contributed by atoms with van der Waals surface area (Å²) in [6.45, 7) is 1.39. The van der Waals surface area contributed by atoms with Gasteiger partial charge in [-0.05, 0) is 42.5 Å². The molecule has 2 N–H and O–H groups in total. The van der Waals surface area contributed by atoms with E-state index in [1.54, 1.807) is 30.3 Å². The van der Waals surface area contributed by atoms with E-state index < -0.39 is 0 Å². The van der Waals surface area contributed by atoms with Crippen LogP contribution in [-0.4, -0.2) is 16.8 Å². The molecule has 3 rings (SSSR count). The molecule has 0 bridgehead atoms. The first-order valence-electron chi connectivity index (χ1n) is 8.48. The summed E-state index contributed by atoms with van der Waals surface area (Å²) in [5, 5.41) is 5.69. The van der Waals surface area contributed by atoms with Gasteiger partial charge in [-0.1, -0.05) is 11.6 Å². The Bertz CT molecular complexity index is 1000. The van der Waals surface area contributed by atoms with Gasteiger partial charge in [0.1, 0.15) is 5.82 Å². The molecule has 0 aliphatic heterocycles. The predicted molar refractivity (Wildman–Crippen MR) is 105 cm³/mol. The Balaban J connectivity index is 1.59. The van der Waals surface area contributed by atoms with Crippen molar-refractivity contribution in [2.24, 2.45) is 0 Å². The largest absolute Gasteiger partial charge is 0.441 e. The number of amides is 2. The Morgan fingerprint density at radius 3 is 2.61 bits per heavy atom. The van der Waals surface area contributed by atoms with E-state index in [-0.39, 0.29) is 30.5 Å². The van der Waals surface area contributed by atoms with Crippen LogP contribution in [-0.2, 0) is 16.0 Å². The third-order valence-electron chi connectivity index (χ3n) is 3.81. The molecule has 0 unspecified atom stereocenters. The van der Waals surface area contributed by atoms with Crippen molar-refractivity contribution >= 4 is 34.8 Å². The summed E-state index contributed by atoms with van der Waals surface area (Å²) >= 11 is 6.09. The number of aromatic nitrogens is 1. The van der Waals surface area contributed by atoms with E-state index in [0.29, 0.717) is 33.6 Å². The average Bonchev–Trinajstić information content (AvgIpc) is 3.12. The van der Waals surface area contributed by atoms with Crippen molar-refractivity contribution < 1.29 is 18.4 Å². The Hall–Kier alpha value is -3.19. The summed E-state index contributed by atoms with van der Waals surface area (Å²) in [4.78, 5) is 27.5. The minimum Gasteiger partial charge on any atom is -0.441 e. The van der Waals surface area contributed by atoms with Gasteiger partial charge in [0.25, 0.3) is 0 Å². The lowest BCUT2D eigenvalue weighted by Gasteiger charge is -2.09. The molecule has 28 heavy (non-hydrogen) atoms. The smallest absolute Gasteiger partial charge is 0.224 e. The molecule has 1 heterocycles. The molecule has 6 nitrogen and oxygen atoms in total. The zero-order valence-electron chi connectivity index (χ0n) is 15.0. The first-order chi connectivity index (χ1) is 13.4. The monoisotopic (exact) mass is 401 g/mol. The SMILES string of the molecule is CC(=O)Nc1ccc(Cl)c(NC(=O)CCc2ncc(-c3ccc(F)cc3)o2)c1. The normalized spacial score (nSPS) is 10.5. The number of anilines is 2. The summed E-state index contributed by atoms with van der Waals surface area (Å²) in [5.74, 6) is 0.0688. The summed E-state index contributed by atoms with van der Waals surface area (Å²) in [7, 11) is 0. The molecule has 144 valence electrons. The molecule has 3 aromatic rings. The maximum absolute atomic E-state index is 13.0. The zero-order chi connectivity index (χ0) is 20.1. The Labute approximate surface area is 165 Å². The van der Waals surface area contributed by atoms with Gasteiger partial charge in [-0.15, -0.1) is 0 Å². The molecule has 0 saturated carbocycles. The summed E-state index contributed by atoms with van der Waals surface area (Å²) in [6, 6.07) is 10.7. The van der Waals surface area contributed by atoms with Gasteiger partial charge in [0.2, 0.25) is 11.8 Å². The van der Waals surface area contributed by atoms with Crippen LogP contribution in [0.15, 0.2) is 53.1 Å². The molecule has 0 aliphatic rings. The van der Waals surface area contributed by atoms with E-state index in [2.05, 4.69) is 15.6 Å². The summed E-state index contributed by atoms with van der Waals surface area (Å²) in [6.07, 6.45) is 1.95. The minimum absolute atomic E-state index is 0.129. The highest BCUT2D eigenvalue weighted by Crippen LogP contribution is 2.26. The highest BCUT2D eigenvalue weighted by Gasteiger charge is 2.11. The topological polar surface area (TPSA) is 84.2 Å². The van der Waals surface area contributed by atoms with Crippen molar-refractivity contribution in [2.45, 2.75) is 19.8 Å². The molecule has 1 aromatic heterocycles. The third-order valence-corrected chi connectivity index (χ3v) is 4.14. The number of hydrogen-bond acceptors (Lipinski definition) is 4. The van der Waals surface area contributed by atoms with Crippen LogP contribution in [0, 0.1) is 5.82 Å². The Morgan fingerprint density at radius 2 is 1.89 bits per heavy atom. The van der Waals surface area contributed by atoms with Gasteiger partial charge in [0.15, 0.2) is 11.7 Å². The lowest BCUT2D eigenvalue weighted by atomic mass is 10.2. The molecule has 2 aromatic carbocycles. The lowest BCUT2D eigenvalue weighted by molar-refractivity contribution is -0.116. The highest BCUT2D eigenvalue weighted by molar-refractivity contribution is 6.33. The summed E-state index contributed by atoms with van der Waals surface area (Å²) in [5.41, 5.74) is 1.63. The van der Waals surface area contributed by atoms with Gasteiger partial charge < -0.3 is 15.1 Å². The first-order valence-corrected chi connectivity index (χ1v) is 8.86. The van der Waals surface area contributed by atoms with E-state index >= 15 is 0 Å². The number of hydrogen-bond donors (Lipinski definition) is 2. The molecule has 0 aliphatic carbocycles. The number of nitrogens with one attached hydrogen (secondary N) is 2. The average molecular weight is 402 g/mol. The van der Waals surface area contributed by atoms with Crippen LogP contribution in [0.4, 0.5) is 15.8 Å². The van der Waals surface area contributed by atoms with Gasteiger partial charge in [-0.3, -0.25) is 9.59 Å². The van der Waals surface area contributed by atoms with E-state index in [0.717, 1.165) is 0 Å². The molecule has 8 heteroatoms. The minimum atomic E-state index is -0.332. The van der Waals surface area contributed by atoms with E-state index in [9.17, 15) is 14.0 Å². The van der Waals surface area contributed by atoms with Crippen molar-refractivity contribution in [3.05, 3.63) is 65.4 Å². The van der Waals surface area contributed by atoms with Crippen molar-refractivity contribution in [1.29, 1.82) is 0 Å². The van der Waals surface area contributed by atoms with Crippen LogP contribution in [0.1, 0.15) is 19.2 Å². The van der Waals surface area contributed by atoms with Crippen molar-refractivity contribution in [3.8, 4) is 11.3 Å². The van der Waals surface area contributed by atoms with Crippen LogP contribution in [0.2, 0.25) is 5.02 Å². The number of oxazole rings is 1. The third kappa shape index (κ3) is 5.17. The second-order valence-electron chi connectivity index (χ2n) is 6.05. The number of carbonyl (C=O) groups is 2. The van der Waals surface area contributed by atoms with Gasteiger partial charge in [-0.25, -0.2) is 9.37 Å².